The second-order valence-corrected chi connectivity index (χ2v) is 10.1. The minimum Gasteiger partial charge on any atom is -0.356 e. The van der Waals surface area contributed by atoms with Crippen LogP contribution in [-0.4, -0.2) is 42.0 Å². The van der Waals surface area contributed by atoms with Gasteiger partial charge in [-0.3, -0.25) is 19.8 Å². The molecule has 2 aromatic rings. The number of fused-ring (bicyclic) bond motifs is 4. The van der Waals surface area contributed by atoms with Gasteiger partial charge in [-0.2, -0.15) is 0 Å². The Bertz CT molecular complexity index is 904. The second kappa shape index (κ2) is 17.0. The third kappa shape index (κ3) is 11.8. The second-order valence-electron chi connectivity index (χ2n) is 10.1. The van der Waals surface area contributed by atoms with Gasteiger partial charge in [0.25, 0.3) is 0 Å². The Labute approximate surface area is 239 Å². The molecule has 0 aromatic carbocycles. The van der Waals surface area contributed by atoms with Crippen molar-refractivity contribution in [2.75, 3.05) is 0 Å². The zero-order chi connectivity index (χ0) is 27.3. The summed E-state index contributed by atoms with van der Waals surface area (Å²) in [6, 6.07) is 14.7. The third-order valence-corrected chi connectivity index (χ3v) is 7.37. The van der Waals surface area contributed by atoms with E-state index in [0.717, 1.165) is 26.2 Å². The molecule has 1 radical (unpaired) electrons. The van der Waals surface area contributed by atoms with Gasteiger partial charge in [0.05, 0.1) is 32.9 Å². The largest absolute Gasteiger partial charge is 2.00 e. The first-order chi connectivity index (χ1) is 18.3. The molecular formula is C26H36CuN6O6. The van der Waals surface area contributed by atoms with Crippen LogP contribution in [0, 0.1) is 30.6 Å². The van der Waals surface area contributed by atoms with Crippen LogP contribution in [0.2, 0.25) is 0 Å². The molecule has 2 saturated carbocycles. The first kappa shape index (κ1) is 32.4. The minimum absolute atomic E-state index is 0. The molecular weight excluding hydrogens is 556 g/mol. The summed E-state index contributed by atoms with van der Waals surface area (Å²) < 4.78 is 0. The number of hydrogen-bond donors (Lipinski definition) is 0. The fourth-order valence-corrected chi connectivity index (χ4v) is 5.76. The van der Waals surface area contributed by atoms with E-state index in [1.165, 1.54) is 87.0 Å². The van der Waals surface area contributed by atoms with Crippen LogP contribution < -0.4 is 0 Å². The smallest absolute Gasteiger partial charge is 0.356 e. The summed E-state index contributed by atoms with van der Waals surface area (Å²) in [5.74, 6) is 0. The van der Waals surface area contributed by atoms with E-state index in [9.17, 15) is 0 Å². The number of hydrogen-bond acceptors (Lipinski definition) is 10. The summed E-state index contributed by atoms with van der Waals surface area (Å²) in [6.07, 6.45) is 13.5. The van der Waals surface area contributed by atoms with Gasteiger partial charge in [0.2, 0.25) is 0 Å². The Morgan fingerprint density at radius 3 is 1.08 bits per heavy atom. The van der Waals surface area contributed by atoms with Crippen molar-refractivity contribution in [3.63, 3.8) is 0 Å². The quantitative estimate of drug-likeness (QED) is 0.264. The standard InChI is InChI=1S/C26H36N4.Cu.2NO3/c1-3-13-25(14-4-1)29-17-21-9-7-11-23(27-21)19-30(26-15-5-2-6-16-26)20-24-12-8-10-22(18-29)28-24;;2*2-1(3)4/h7-12,25-26H,1-6,13-20H2;;;/q;+2;2*-1. The van der Waals surface area contributed by atoms with Gasteiger partial charge in [0.1, 0.15) is 0 Å². The summed E-state index contributed by atoms with van der Waals surface area (Å²) in [5, 5.41) is 29.5. The van der Waals surface area contributed by atoms with E-state index in [1.54, 1.807) is 0 Å². The van der Waals surface area contributed by atoms with Crippen LogP contribution in [0.1, 0.15) is 87.0 Å². The molecule has 4 bridgehead atoms. The van der Waals surface area contributed by atoms with Crippen molar-refractivity contribution in [3.8, 4) is 0 Å². The van der Waals surface area contributed by atoms with E-state index < -0.39 is 10.2 Å². The van der Waals surface area contributed by atoms with Crippen molar-refractivity contribution < 1.29 is 27.2 Å². The van der Waals surface area contributed by atoms with Crippen LogP contribution in [0.5, 0.6) is 0 Å². The molecule has 3 aliphatic rings. The SMILES string of the molecule is O=[N+]([O-])[O-].O=[N+]([O-])[O-].[Cu+2].c1cc2nc(c1)CN(C1CCCCC1)Cc1cccc(n1)CN(C1CCCCC1)C2. The van der Waals surface area contributed by atoms with Gasteiger partial charge in [-0.1, -0.05) is 50.7 Å². The van der Waals surface area contributed by atoms with Crippen molar-refractivity contribution in [2.45, 2.75) is 102 Å². The van der Waals surface area contributed by atoms with E-state index in [1.807, 2.05) is 0 Å². The van der Waals surface area contributed by atoms with E-state index in [2.05, 4.69) is 46.2 Å². The third-order valence-electron chi connectivity index (χ3n) is 7.37. The molecule has 2 fully saturated rings. The molecule has 13 heteroatoms. The first-order valence-electron chi connectivity index (χ1n) is 13.3. The van der Waals surface area contributed by atoms with Gasteiger partial charge in [0.15, 0.2) is 0 Å². The van der Waals surface area contributed by atoms with Crippen molar-refractivity contribution in [3.05, 3.63) is 89.8 Å². The summed E-state index contributed by atoms with van der Waals surface area (Å²) in [7, 11) is 0. The van der Waals surface area contributed by atoms with Crippen LogP contribution >= 0.6 is 0 Å². The maximum Gasteiger partial charge on any atom is 2.00 e. The molecule has 39 heavy (non-hydrogen) atoms. The Morgan fingerprint density at radius 1 is 0.564 bits per heavy atom. The summed E-state index contributed by atoms with van der Waals surface area (Å²) >= 11 is 0. The molecule has 1 aliphatic heterocycles. The molecule has 217 valence electrons. The predicted octanol–water partition coefficient (Wildman–Crippen LogP) is 4.98. The molecule has 2 aliphatic carbocycles. The average molecular weight is 592 g/mol. The Morgan fingerprint density at radius 2 is 0.821 bits per heavy atom. The summed E-state index contributed by atoms with van der Waals surface area (Å²) in [5.41, 5.74) is 4.88. The number of pyridine rings is 2. The van der Waals surface area contributed by atoms with Crippen LogP contribution in [0.15, 0.2) is 36.4 Å². The van der Waals surface area contributed by atoms with Gasteiger partial charge in [-0.25, -0.2) is 0 Å². The van der Waals surface area contributed by atoms with E-state index in [-0.39, 0.29) is 17.1 Å². The number of aromatic nitrogens is 2. The van der Waals surface area contributed by atoms with Crippen LogP contribution in [0.25, 0.3) is 0 Å². The van der Waals surface area contributed by atoms with E-state index in [0.29, 0.717) is 12.1 Å². The zero-order valence-electron chi connectivity index (χ0n) is 22.0. The molecule has 0 amide bonds. The van der Waals surface area contributed by atoms with Gasteiger partial charge in [0, 0.05) is 38.3 Å². The van der Waals surface area contributed by atoms with Gasteiger partial charge >= 0.3 is 17.1 Å². The van der Waals surface area contributed by atoms with E-state index in [4.69, 9.17) is 40.6 Å². The first-order valence-corrected chi connectivity index (χ1v) is 13.3. The topological polar surface area (TPSA) is 165 Å². The monoisotopic (exact) mass is 591 g/mol. The van der Waals surface area contributed by atoms with Gasteiger partial charge < -0.3 is 30.6 Å². The van der Waals surface area contributed by atoms with Crippen LogP contribution in [0.4, 0.5) is 0 Å². The van der Waals surface area contributed by atoms with Crippen LogP contribution in [-0.2, 0) is 43.2 Å². The molecule has 2 aromatic heterocycles. The van der Waals surface area contributed by atoms with E-state index >= 15 is 0 Å². The van der Waals surface area contributed by atoms with Crippen LogP contribution in [0.3, 0.4) is 0 Å². The minimum atomic E-state index is -1.75. The number of nitrogens with zero attached hydrogens (tertiary/aromatic N) is 6. The normalized spacial score (nSPS) is 18.9. The van der Waals surface area contributed by atoms with Crippen molar-refractivity contribution in [1.82, 2.24) is 19.8 Å². The Hall–Kier alpha value is -2.86. The Balaban J connectivity index is 0.000000527. The number of rotatable bonds is 2. The molecule has 12 nitrogen and oxygen atoms in total. The van der Waals surface area contributed by atoms with Crippen molar-refractivity contribution in [1.29, 1.82) is 0 Å². The van der Waals surface area contributed by atoms with Crippen molar-refractivity contribution >= 4 is 0 Å². The molecule has 0 spiro atoms. The van der Waals surface area contributed by atoms with Gasteiger partial charge in [-0.05, 0) is 49.9 Å². The fraction of sp³-hybridized carbons (Fsp3) is 0.615. The molecule has 0 N–H and O–H groups in total. The Kier molecular flexibility index (Phi) is 14.1. The maximum atomic E-state index is 8.25. The summed E-state index contributed by atoms with van der Waals surface area (Å²) in [6.45, 7) is 3.75. The molecule has 0 saturated heterocycles. The predicted molar refractivity (Wildman–Crippen MR) is 141 cm³/mol. The maximum absolute atomic E-state index is 8.25. The summed E-state index contributed by atoms with van der Waals surface area (Å²) in [4.78, 5) is 32.1. The average Bonchev–Trinajstić information content (AvgIpc) is 2.88. The van der Waals surface area contributed by atoms with Crippen molar-refractivity contribution in [2.24, 2.45) is 0 Å². The van der Waals surface area contributed by atoms with Gasteiger partial charge in [-0.15, -0.1) is 0 Å². The molecule has 0 unspecified atom stereocenters. The zero-order valence-corrected chi connectivity index (χ0v) is 22.9. The molecule has 3 heterocycles. The fourth-order valence-electron chi connectivity index (χ4n) is 5.76. The molecule has 5 rings (SSSR count). The molecule has 0 atom stereocenters.